The van der Waals surface area contributed by atoms with E-state index in [4.69, 9.17) is 5.11 Å². The molecule has 0 aliphatic carbocycles. The highest BCUT2D eigenvalue weighted by molar-refractivity contribution is 5.78. The van der Waals surface area contributed by atoms with Gasteiger partial charge in [0.2, 0.25) is 5.91 Å². The first-order valence-corrected chi connectivity index (χ1v) is 6.16. The van der Waals surface area contributed by atoms with Gasteiger partial charge in [0.05, 0.1) is 18.2 Å². The van der Waals surface area contributed by atoms with Crippen molar-refractivity contribution in [1.82, 2.24) is 10.0 Å². The van der Waals surface area contributed by atoms with Gasteiger partial charge in [-0.15, -0.1) is 0 Å². The number of hydrogen-bond acceptors (Lipinski definition) is 3. The van der Waals surface area contributed by atoms with E-state index in [0.717, 1.165) is 6.07 Å². The van der Waals surface area contributed by atoms with Crippen LogP contribution in [0.15, 0.2) is 24.3 Å². The van der Waals surface area contributed by atoms with Crippen LogP contribution in [-0.4, -0.2) is 41.2 Å². The molecule has 0 radical (unpaired) electrons. The molecular weight excluding hydrogens is 273 g/mol. The normalized spacial score (nSPS) is 20.8. The Bertz CT molecular complexity index is 505. The lowest BCUT2D eigenvalue weighted by Gasteiger charge is -2.30. The summed E-state index contributed by atoms with van der Waals surface area (Å²) in [6, 6.07) is 4.53. The quantitative estimate of drug-likeness (QED) is 0.922. The van der Waals surface area contributed by atoms with E-state index in [1.165, 1.54) is 35.3 Å². The van der Waals surface area contributed by atoms with Gasteiger partial charge in [0.1, 0.15) is 0 Å². The van der Waals surface area contributed by atoms with Crippen LogP contribution in [0.25, 0.3) is 0 Å². The standard InChI is InChI=1S/C13H15F3N2O2/c1-17-12(20)8-11(18(17)6-7-19)9-4-2-3-5-10(9)13(14,15)16/h2-5,11,19H,6-8H2,1H3. The molecule has 1 atom stereocenters. The first kappa shape index (κ1) is 14.8. The van der Waals surface area contributed by atoms with Crippen LogP contribution in [-0.2, 0) is 11.0 Å². The highest BCUT2D eigenvalue weighted by Crippen LogP contribution is 2.40. The zero-order chi connectivity index (χ0) is 14.9. The third-order valence-corrected chi connectivity index (χ3v) is 3.43. The number of aliphatic hydroxyl groups is 1. The number of carbonyl (C=O) groups is 1. The summed E-state index contributed by atoms with van der Waals surface area (Å²) in [5.41, 5.74) is -0.679. The smallest absolute Gasteiger partial charge is 0.395 e. The largest absolute Gasteiger partial charge is 0.416 e. The summed E-state index contributed by atoms with van der Waals surface area (Å²) >= 11 is 0. The highest BCUT2D eigenvalue weighted by atomic mass is 19.4. The second-order valence-electron chi connectivity index (χ2n) is 4.61. The molecule has 2 rings (SSSR count). The molecule has 0 bridgehead atoms. The number of nitrogens with zero attached hydrogens (tertiary/aromatic N) is 2. The topological polar surface area (TPSA) is 43.8 Å². The molecule has 1 fully saturated rings. The molecule has 1 aliphatic rings. The number of β-amino-alcohol motifs (C(OH)–C–C–N with tert-alkyl or cyclic N) is 1. The van der Waals surface area contributed by atoms with Crippen LogP contribution in [0.4, 0.5) is 13.2 Å². The fourth-order valence-corrected chi connectivity index (χ4v) is 2.48. The number of hydrazine groups is 1. The van der Waals surface area contributed by atoms with Gasteiger partial charge in [-0.05, 0) is 11.6 Å². The number of aliphatic hydroxyl groups excluding tert-OH is 1. The molecule has 4 nitrogen and oxygen atoms in total. The molecular formula is C13H15F3N2O2. The maximum absolute atomic E-state index is 13.0. The van der Waals surface area contributed by atoms with E-state index in [-0.39, 0.29) is 31.0 Å². The maximum Gasteiger partial charge on any atom is 0.416 e. The van der Waals surface area contributed by atoms with Gasteiger partial charge >= 0.3 is 6.18 Å². The molecule has 1 aromatic rings. The van der Waals surface area contributed by atoms with Crippen LogP contribution in [0.3, 0.4) is 0 Å². The van der Waals surface area contributed by atoms with Crippen molar-refractivity contribution in [2.24, 2.45) is 0 Å². The fraction of sp³-hybridized carbons (Fsp3) is 0.462. The van der Waals surface area contributed by atoms with Crippen LogP contribution in [0.1, 0.15) is 23.6 Å². The molecule has 0 aromatic heterocycles. The Kier molecular flexibility index (Phi) is 4.01. The van der Waals surface area contributed by atoms with Gasteiger partial charge in [-0.1, -0.05) is 18.2 Å². The molecule has 110 valence electrons. The van der Waals surface area contributed by atoms with Gasteiger partial charge in [-0.2, -0.15) is 13.2 Å². The molecule has 0 saturated carbocycles. The van der Waals surface area contributed by atoms with Gasteiger partial charge in [-0.25, -0.2) is 5.01 Å². The fourth-order valence-electron chi connectivity index (χ4n) is 2.48. The number of alkyl halides is 3. The van der Waals surface area contributed by atoms with Gasteiger partial charge in [0.25, 0.3) is 0 Å². The minimum absolute atomic E-state index is 0.0242. The second kappa shape index (κ2) is 5.41. The van der Waals surface area contributed by atoms with Crippen molar-refractivity contribution in [3.8, 4) is 0 Å². The summed E-state index contributed by atoms with van der Waals surface area (Å²) in [5, 5.41) is 11.8. The average Bonchev–Trinajstić information content (AvgIpc) is 2.66. The van der Waals surface area contributed by atoms with E-state index in [2.05, 4.69) is 0 Å². The Balaban J connectivity index is 2.43. The monoisotopic (exact) mass is 288 g/mol. The third-order valence-electron chi connectivity index (χ3n) is 3.43. The van der Waals surface area contributed by atoms with E-state index in [1.54, 1.807) is 0 Å². The second-order valence-corrected chi connectivity index (χ2v) is 4.61. The van der Waals surface area contributed by atoms with E-state index < -0.39 is 17.8 Å². The van der Waals surface area contributed by atoms with Crippen LogP contribution >= 0.6 is 0 Å². The van der Waals surface area contributed by atoms with Crippen molar-refractivity contribution >= 4 is 5.91 Å². The first-order valence-electron chi connectivity index (χ1n) is 6.16. The lowest BCUT2D eigenvalue weighted by molar-refractivity contribution is -0.139. The van der Waals surface area contributed by atoms with Crippen molar-refractivity contribution in [2.45, 2.75) is 18.6 Å². The molecule has 1 unspecified atom stereocenters. The maximum atomic E-state index is 13.0. The van der Waals surface area contributed by atoms with Crippen LogP contribution in [0, 0.1) is 0 Å². The van der Waals surface area contributed by atoms with Gasteiger partial charge in [-0.3, -0.25) is 9.80 Å². The molecule has 0 spiro atoms. The molecule has 1 aromatic carbocycles. The number of amides is 1. The van der Waals surface area contributed by atoms with Crippen molar-refractivity contribution < 1.29 is 23.1 Å². The third kappa shape index (κ3) is 2.64. The minimum Gasteiger partial charge on any atom is -0.395 e. The molecule has 1 N–H and O–H groups in total. The summed E-state index contributed by atoms with van der Waals surface area (Å²) in [7, 11) is 1.49. The Morgan fingerprint density at radius 2 is 2.00 bits per heavy atom. The molecule has 7 heteroatoms. The molecule has 1 heterocycles. The zero-order valence-electron chi connectivity index (χ0n) is 10.9. The molecule has 1 saturated heterocycles. The summed E-state index contributed by atoms with van der Waals surface area (Å²) in [5.74, 6) is -0.263. The van der Waals surface area contributed by atoms with E-state index >= 15 is 0 Å². The molecule has 20 heavy (non-hydrogen) atoms. The van der Waals surface area contributed by atoms with Gasteiger partial charge in [0, 0.05) is 20.0 Å². The number of rotatable bonds is 3. The number of halogens is 3. The van der Waals surface area contributed by atoms with Crippen molar-refractivity contribution in [3.63, 3.8) is 0 Å². The number of hydrogen-bond donors (Lipinski definition) is 1. The van der Waals surface area contributed by atoms with Crippen molar-refractivity contribution in [3.05, 3.63) is 35.4 Å². The predicted molar refractivity (Wildman–Crippen MR) is 65.4 cm³/mol. The Morgan fingerprint density at radius 3 is 2.60 bits per heavy atom. The van der Waals surface area contributed by atoms with Crippen LogP contribution in [0.5, 0.6) is 0 Å². The number of carbonyl (C=O) groups excluding carboxylic acids is 1. The molecule has 1 aliphatic heterocycles. The van der Waals surface area contributed by atoms with E-state index in [9.17, 15) is 18.0 Å². The summed E-state index contributed by atoms with van der Waals surface area (Å²) in [4.78, 5) is 11.7. The first-order chi connectivity index (χ1) is 9.36. The Labute approximate surface area is 114 Å². The van der Waals surface area contributed by atoms with Crippen molar-refractivity contribution in [1.29, 1.82) is 0 Å². The summed E-state index contributed by atoms with van der Waals surface area (Å²) in [6.45, 7) is -0.124. The SMILES string of the molecule is CN1C(=O)CC(c2ccccc2C(F)(F)F)N1CCO. The Hall–Kier alpha value is -1.60. The average molecular weight is 288 g/mol. The van der Waals surface area contributed by atoms with E-state index in [1.807, 2.05) is 0 Å². The summed E-state index contributed by atoms with van der Waals surface area (Å²) < 4.78 is 39.1. The van der Waals surface area contributed by atoms with Gasteiger partial charge < -0.3 is 5.11 Å². The van der Waals surface area contributed by atoms with E-state index in [0.29, 0.717) is 0 Å². The highest BCUT2D eigenvalue weighted by Gasteiger charge is 2.41. The summed E-state index contributed by atoms with van der Waals surface area (Å²) in [6.07, 6.45) is -4.49. The molecule has 1 amide bonds. The lowest BCUT2D eigenvalue weighted by atomic mass is 9.98. The zero-order valence-corrected chi connectivity index (χ0v) is 10.9. The predicted octanol–water partition coefficient (Wildman–Crippen LogP) is 1.82. The van der Waals surface area contributed by atoms with Crippen LogP contribution in [0.2, 0.25) is 0 Å². The van der Waals surface area contributed by atoms with Crippen molar-refractivity contribution in [2.75, 3.05) is 20.2 Å². The van der Waals surface area contributed by atoms with Gasteiger partial charge in [0.15, 0.2) is 0 Å². The Morgan fingerprint density at radius 1 is 1.35 bits per heavy atom. The minimum atomic E-state index is -4.47. The van der Waals surface area contributed by atoms with Crippen LogP contribution < -0.4 is 0 Å². The number of benzene rings is 1. The lowest BCUT2D eigenvalue weighted by Crippen LogP contribution is -2.39.